The summed E-state index contributed by atoms with van der Waals surface area (Å²) in [5.74, 6) is -0.0996. The molecular weight excluding hydrogens is 324 g/mol. The lowest BCUT2D eigenvalue weighted by atomic mass is 9.85. The zero-order chi connectivity index (χ0) is 18.4. The normalized spacial score (nSPS) is 47.0. The van der Waals surface area contributed by atoms with E-state index in [1.54, 1.807) is 0 Å². The molecule has 144 valence electrons. The van der Waals surface area contributed by atoms with Crippen molar-refractivity contribution in [2.45, 2.75) is 95.4 Å². The van der Waals surface area contributed by atoms with E-state index < -0.39 is 17.3 Å². The van der Waals surface area contributed by atoms with Gasteiger partial charge in [0.25, 0.3) is 0 Å². The molecule has 3 fully saturated rings. The molecule has 0 aromatic heterocycles. The molecule has 6 nitrogen and oxygen atoms in total. The van der Waals surface area contributed by atoms with Crippen LogP contribution in [0.1, 0.15) is 59.8 Å². The van der Waals surface area contributed by atoms with E-state index in [4.69, 9.17) is 14.2 Å². The third-order valence-electron chi connectivity index (χ3n) is 6.46. The van der Waals surface area contributed by atoms with Gasteiger partial charge in [-0.2, -0.15) is 0 Å². The fourth-order valence-corrected chi connectivity index (χ4v) is 4.75. The molecule has 0 amide bonds. The van der Waals surface area contributed by atoms with Crippen LogP contribution in [0.25, 0.3) is 0 Å². The second kappa shape index (κ2) is 6.80. The zero-order valence-electron chi connectivity index (χ0n) is 15.7. The number of hydrogen-bond acceptors (Lipinski definition) is 6. The number of rotatable bonds is 5. The molecule has 8 atom stereocenters. The first kappa shape index (κ1) is 19.1. The van der Waals surface area contributed by atoms with Gasteiger partial charge in [0.2, 0.25) is 0 Å². The Balaban J connectivity index is 1.66. The van der Waals surface area contributed by atoms with Gasteiger partial charge in [-0.25, -0.2) is 0 Å². The molecule has 0 radical (unpaired) electrons. The van der Waals surface area contributed by atoms with Gasteiger partial charge < -0.3 is 24.4 Å². The Bertz CT molecular complexity index is 510. The average Bonchev–Trinajstić information content (AvgIpc) is 3.25. The molecule has 3 aliphatic heterocycles. The summed E-state index contributed by atoms with van der Waals surface area (Å²) in [7, 11) is 0. The molecule has 0 aromatic rings. The van der Waals surface area contributed by atoms with Gasteiger partial charge in [0.1, 0.15) is 5.60 Å². The molecule has 0 aromatic carbocycles. The van der Waals surface area contributed by atoms with Gasteiger partial charge in [0.15, 0.2) is 0 Å². The van der Waals surface area contributed by atoms with Crippen molar-refractivity contribution in [3.63, 3.8) is 0 Å². The summed E-state index contributed by atoms with van der Waals surface area (Å²) >= 11 is 0. The SMILES string of the molecule is C[C@@H](CO)[C@@H](O)[C@@H]1C[C@H](C)[C@H]([C@]2(C)CC[C@H]([C@]3(C)CCC(=O)O3)O2)O1. The third-order valence-corrected chi connectivity index (χ3v) is 6.46. The van der Waals surface area contributed by atoms with Crippen molar-refractivity contribution in [3.05, 3.63) is 0 Å². The molecule has 6 heteroatoms. The maximum Gasteiger partial charge on any atom is 0.306 e. The minimum absolute atomic E-state index is 0.0559. The second-order valence-electron chi connectivity index (χ2n) is 8.70. The summed E-state index contributed by atoms with van der Waals surface area (Å²) in [5, 5.41) is 19.7. The Kier molecular flexibility index (Phi) is 5.19. The highest BCUT2D eigenvalue weighted by Crippen LogP contribution is 2.47. The third kappa shape index (κ3) is 3.46. The molecule has 2 N–H and O–H groups in total. The van der Waals surface area contributed by atoms with Crippen molar-refractivity contribution in [3.8, 4) is 0 Å². The Morgan fingerprint density at radius 3 is 2.60 bits per heavy atom. The average molecular weight is 356 g/mol. The summed E-state index contributed by atoms with van der Waals surface area (Å²) in [5.41, 5.74) is -0.986. The zero-order valence-corrected chi connectivity index (χ0v) is 15.7. The van der Waals surface area contributed by atoms with Crippen molar-refractivity contribution in [2.24, 2.45) is 11.8 Å². The van der Waals surface area contributed by atoms with Crippen LogP contribution in [-0.2, 0) is 19.0 Å². The summed E-state index contributed by atoms with van der Waals surface area (Å²) in [6.07, 6.45) is 2.42. The van der Waals surface area contributed by atoms with Crippen LogP contribution in [0.3, 0.4) is 0 Å². The van der Waals surface area contributed by atoms with Gasteiger partial charge >= 0.3 is 5.97 Å². The largest absolute Gasteiger partial charge is 0.457 e. The monoisotopic (exact) mass is 356 g/mol. The second-order valence-corrected chi connectivity index (χ2v) is 8.70. The van der Waals surface area contributed by atoms with Crippen molar-refractivity contribution in [2.75, 3.05) is 6.61 Å². The molecular formula is C19H32O6. The van der Waals surface area contributed by atoms with Crippen molar-refractivity contribution in [1.29, 1.82) is 0 Å². The lowest BCUT2D eigenvalue weighted by Crippen LogP contribution is -2.47. The number of ether oxygens (including phenoxy) is 3. The van der Waals surface area contributed by atoms with Gasteiger partial charge in [0, 0.05) is 18.9 Å². The van der Waals surface area contributed by atoms with Gasteiger partial charge in [-0.15, -0.1) is 0 Å². The molecule has 0 saturated carbocycles. The minimum Gasteiger partial charge on any atom is -0.457 e. The summed E-state index contributed by atoms with van der Waals surface area (Å²) < 4.78 is 18.2. The predicted molar refractivity (Wildman–Crippen MR) is 90.9 cm³/mol. The van der Waals surface area contributed by atoms with Crippen LogP contribution in [0.2, 0.25) is 0 Å². The highest BCUT2D eigenvalue weighted by molar-refractivity contribution is 5.72. The van der Waals surface area contributed by atoms with E-state index in [2.05, 4.69) is 13.8 Å². The van der Waals surface area contributed by atoms with E-state index in [0.29, 0.717) is 12.8 Å². The Labute approximate surface area is 149 Å². The van der Waals surface area contributed by atoms with Crippen LogP contribution in [-0.4, -0.2) is 58.4 Å². The van der Waals surface area contributed by atoms with E-state index in [0.717, 1.165) is 19.3 Å². The molecule has 3 heterocycles. The molecule has 3 aliphatic rings. The maximum absolute atomic E-state index is 11.5. The van der Waals surface area contributed by atoms with Gasteiger partial charge in [-0.3, -0.25) is 4.79 Å². The van der Waals surface area contributed by atoms with Crippen LogP contribution < -0.4 is 0 Å². The topological polar surface area (TPSA) is 85.2 Å². The first-order valence-electron chi connectivity index (χ1n) is 9.52. The predicted octanol–water partition coefficient (Wildman–Crippen LogP) is 1.80. The van der Waals surface area contributed by atoms with Crippen LogP contribution in [0.4, 0.5) is 0 Å². The molecule has 0 spiro atoms. The quantitative estimate of drug-likeness (QED) is 0.731. The van der Waals surface area contributed by atoms with E-state index >= 15 is 0 Å². The number of carbonyl (C=O) groups is 1. The lowest BCUT2D eigenvalue weighted by molar-refractivity contribution is -0.188. The van der Waals surface area contributed by atoms with E-state index in [1.165, 1.54) is 0 Å². The molecule has 3 rings (SSSR count). The first-order chi connectivity index (χ1) is 11.7. The van der Waals surface area contributed by atoms with Crippen LogP contribution in [0.15, 0.2) is 0 Å². The van der Waals surface area contributed by atoms with Crippen LogP contribution in [0.5, 0.6) is 0 Å². The number of esters is 1. The summed E-state index contributed by atoms with van der Waals surface area (Å²) in [6.45, 7) is 7.92. The van der Waals surface area contributed by atoms with Crippen molar-refractivity contribution in [1.82, 2.24) is 0 Å². The molecule has 0 unspecified atom stereocenters. The highest BCUT2D eigenvalue weighted by atomic mass is 16.6. The first-order valence-corrected chi connectivity index (χ1v) is 9.52. The summed E-state index contributed by atoms with van der Waals surface area (Å²) in [4.78, 5) is 11.5. The van der Waals surface area contributed by atoms with Crippen molar-refractivity contribution >= 4 is 5.97 Å². The maximum atomic E-state index is 11.5. The fourth-order valence-electron chi connectivity index (χ4n) is 4.75. The number of cyclic esters (lactones) is 1. The van der Waals surface area contributed by atoms with Gasteiger partial charge in [0.05, 0.1) is 30.0 Å². The van der Waals surface area contributed by atoms with Crippen LogP contribution >= 0.6 is 0 Å². The van der Waals surface area contributed by atoms with Gasteiger partial charge in [-0.05, 0) is 45.4 Å². The molecule has 3 saturated heterocycles. The van der Waals surface area contributed by atoms with Crippen LogP contribution in [0, 0.1) is 11.8 Å². The number of aliphatic hydroxyl groups excluding tert-OH is 2. The van der Waals surface area contributed by atoms with E-state index in [9.17, 15) is 15.0 Å². The van der Waals surface area contributed by atoms with Crippen molar-refractivity contribution < 1.29 is 29.2 Å². The Hall–Kier alpha value is -0.690. The summed E-state index contributed by atoms with van der Waals surface area (Å²) in [6, 6.07) is 0. The molecule has 25 heavy (non-hydrogen) atoms. The number of hydrogen-bond donors (Lipinski definition) is 2. The Morgan fingerprint density at radius 1 is 1.28 bits per heavy atom. The minimum atomic E-state index is -0.674. The number of carbonyl (C=O) groups excluding carboxylic acids is 1. The fraction of sp³-hybridized carbons (Fsp3) is 0.947. The highest BCUT2D eigenvalue weighted by Gasteiger charge is 2.56. The Morgan fingerprint density at radius 2 is 2.00 bits per heavy atom. The van der Waals surface area contributed by atoms with E-state index in [-0.39, 0.29) is 42.7 Å². The molecule has 0 aliphatic carbocycles. The smallest absolute Gasteiger partial charge is 0.306 e. The lowest BCUT2D eigenvalue weighted by Gasteiger charge is -2.37. The standard InChI is InChI=1S/C19H32O6/c1-11-9-13(16(22)12(2)10-20)23-17(11)19(4)7-5-14(24-19)18(3)8-6-15(21)25-18/h11-14,16-17,20,22H,5-10H2,1-4H3/t11-,12-,13-,14+,16+,17+,18-,19-/m0/s1. The molecule has 0 bridgehead atoms. The van der Waals surface area contributed by atoms with Gasteiger partial charge in [-0.1, -0.05) is 13.8 Å². The number of aliphatic hydroxyl groups is 2. The van der Waals surface area contributed by atoms with E-state index in [1.807, 2.05) is 13.8 Å².